The SMILES string of the molecule is Cc1cccc(CC(=O)Cc2cc(Cl)ccc2F)c1. The molecule has 0 saturated heterocycles. The van der Waals surface area contributed by atoms with Crippen LogP contribution in [0.4, 0.5) is 4.39 Å². The first kappa shape index (κ1) is 13.8. The highest BCUT2D eigenvalue weighted by Crippen LogP contribution is 2.16. The van der Waals surface area contributed by atoms with Gasteiger partial charge >= 0.3 is 0 Å². The van der Waals surface area contributed by atoms with E-state index < -0.39 is 0 Å². The molecule has 0 radical (unpaired) electrons. The second kappa shape index (κ2) is 5.98. The van der Waals surface area contributed by atoms with Crippen LogP contribution < -0.4 is 0 Å². The molecule has 0 spiro atoms. The molecule has 2 rings (SSSR count). The van der Waals surface area contributed by atoms with E-state index in [9.17, 15) is 9.18 Å². The highest BCUT2D eigenvalue weighted by atomic mass is 35.5. The lowest BCUT2D eigenvalue weighted by molar-refractivity contribution is -0.117. The van der Waals surface area contributed by atoms with Crippen molar-refractivity contribution in [3.8, 4) is 0 Å². The Labute approximate surface area is 117 Å². The molecule has 0 amide bonds. The van der Waals surface area contributed by atoms with Gasteiger partial charge in [-0.25, -0.2) is 4.39 Å². The zero-order chi connectivity index (χ0) is 13.8. The topological polar surface area (TPSA) is 17.1 Å². The molecule has 0 unspecified atom stereocenters. The first-order valence-electron chi connectivity index (χ1n) is 6.06. The number of halogens is 2. The molecule has 0 aliphatic rings. The maximum Gasteiger partial charge on any atom is 0.141 e. The minimum atomic E-state index is -0.387. The van der Waals surface area contributed by atoms with Gasteiger partial charge in [0.05, 0.1) is 0 Å². The average molecular weight is 277 g/mol. The van der Waals surface area contributed by atoms with Crippen LogP contribution in [0.1, 0.15) is 16.7 Å². The lowest BCUT2D eigenvalue weighted by Gasteiger charge is -2.05. The Morgan fingerprint density at radius 3 is 2.68 bits per heavy atom. The van der Waals surface area contributed by atoms with Gasteiger partial charge in [-0.15, -0.1) is 0 Å². The summed E-state index contributed by atoms with van der Waals surface area (Å²) in [5.41, 5.74) is 2.41. The molecule has 2 aromatic rings. The van der Waals surface area contributed by atoms with Gasteiger partial charge in [0.1, 0.15) is 11.6 Å². The van der Waals surface area contributed by atoms with Gasteiger partial charge in [0.15, 0.2) is 0 Å². The number of ketones is 1. The van der Waals surface area contributed by atoms with E-state index in [1.165, 1.54) is 18.2 Å². The third kappa shape index (κ3) is 3.90. The normalized spacial score (nSPS) is 10.5. The Balaban J connectivity index is 2.07. The molecule has 2 aromatic carbocycles. The number of Topliss-reactive ketones (excluding diaryl/α,β-unsaturated/α-hetero) is 1. The van der Waals surface area contributed by atoms with Crippen molar-refractivity contribution >= 4 is 17.4 Å². The summed E-state index contributed by atoms with van der Waals surface area (Å²) in [5.74, 6) is -0.409. The van der Waals surface area contributed by atoms with Crippen LogP contribution in [0.15, 0.2) is 42.5 Å². The van der Waals surface area contributed by atoms with Crippen LogP contribution in [-0.2, 0) is 17.6 Å². The number of aryl methyl sites for hydroxylation is 1. The maximum absolute atomic E-state index is 13.5. The molecule has 3 heteroatoms. The second-order valence-electron chi connectivity index (χ2n) is 4.62. The summed E-state index contributed by atoms with van der Waals surface area (Å²) >= 11 is 5.80. The molecule has 0 heterocycles. The van der Waals surface area contributed by atoms with Crippen LogP contribution in [0.25, 0.3) is 0 Å². The number of carbonyl (C=O) groups is 1. The summed E-state index contributed by atoms with van der Waals surface area (Å²) in [6, 6.07) is 12.0. The fraction of sp³-hybridized carbons (Fsp3) is 0.188. The summed E-state index contributed by atoms with van der Waals surface area (Å²) in [5, 5.41) is 0.444. The minimum absolute atomic E-state index is 0.0215. The molecule has 0 aromatic heterocycles. The smallest absolute Gasteiger partial charge is 0.141 e. The Morgan fingerprint density at radius 1 is 1.16 bits per heavy atom. The fourth-order valence-corrected chi connectivity index (χ4v) is 2.20. The van der Waals surface area contributed by atoms with Crippen molar-refractivity contribution in [2.75, 3.05) is 0 Å². The molecule has 19 heavy (non-hydrogen) atoms. The summed E-state index contributed by atoms with van der Waals surface area (Å²) in [6.45, 7) is 1.98. The number of carbonyl (C=O) groups excluding carboxylic acids is 1. The van der Waals surface area contributed by atoms with Gasteiger partial charge in [-0.1, -0.05) is 41.4 Å². The van der Waals surface area contributed by atoms with E-state index in [-0.39, 0.29) is 18.0 Å². The van der Waals surface area contributed by atoms with Gasteiger partial charge in [0, 0.05) is 17.9 Å². The van der Waals surface area contributed by atoms with E-state index in [1.54, 1.807) is 0 Å². The fourth-order valence-electron chi connectivity index (χ4n) is 2.00. The first-order chi connectivity index (χ1) is 9.04. The molecular weight excluding hydrogens is 263 g/mol. The van der Waals surface area contributed by atoms with Gasteiger partial charge < -0.3 is 0 Å². The molecule has 0 aliphatic heterocycles. The van der Waals surface area contributed by atoms with E-state index in [4.69, 9.17) is 11.6 Å². The first-order valence-corrected chi connectivity index (χ1v) is 6.43. The number of hydrogen-bond acceptors (Lipinski definition) is 1. The van der Waals surface area contributed by atoms with Crippen LogP contribution in [0.3, 0.4) is 0 Å². The van der Waals surface area contributed by atoms with E-state index in [0.717, 1.165) is 11.1 Å². The average Bonchev–Trinajstić information content (AvgIpc) is 2.34. The molecule has 0 N–H and O–H groups in total. The predicted molar refractivity (Wildman–Crippen MR) is 75.0 cm³/mol. The largest absolute Gasteiger partial charge is 0.299 e. The quantitative estimate of drug-likeness (QED) is 0.820. The zero-order valence-electron chi connectivity index (χ0n) is 10.6. The van der Waals surface area contributed by atoms with Crippen LogP contribution in [0.5, 0.6) is 0 Å². The molecule has 98 valence electrons. The third-order valence-corrected chi connectivity index (χ3v) is 3.11. The molecule has 0 aliphatic carbocycles. The standard InChI is InChI=1S/C16H14ClFO/c1-11-3-2-4-12(7-11)8-15(19)10-13-9-14(17)5-6-16(13)18/h2-7,9H,8,10H2,1H3. The Kier molecular flexibility index (Phi) is 4.33. The van der Waals surface area contributed by atoms with Crippen LogP contribution in [0.2, 0.25) is 5.02 Å². The van der Waals surface area contributed by atoms with Crippen molar-refractivity contribution in [1.82, 2.24) is 0 Å². The second-order valence-corrected chi connectivity index (χ2v) is 5.05. The summed E-state index contributed by atoms with van der Waals surface area (Å²) < 4.78 is 13.5. The molecule has 0 saturated carbocycles. The maximum atomic E-state index is 13.5. The van der Waals surface area contributed by atoms with Crippen LogP contribution in [-0.4, -0.2) is 5.78 Å². The number of rotatable bonds is 4. The summed E-state index contributed by atoms with van der Waals surface area (Å²) in [4.78, 5) is 11.9. The van der Waals surface area contributed by atoms with Crippen molar-refractivity contribution in [3.63, 3.8) is 0 Å². The van der Waals surface area contributed by atoms with Crippen LogP contribution >= 0.6 is 11.6 Å². The van der Waals surface area contributed by atoms with Crippen molar-refractivity contribution in [3.05, 3.63) is 70.0 Å². The lowest BCUT2D eigenvalue weighted by Crippen LogP contribution is -2.08. The van der Waals surface area contributed by atoms with E-state index >= 15 is 0 Å². The van der Waals surface area contributed by atoms with Crippen molar-refractivity contribution in [2.45, 2.75) is 19.8 Å². The monoisotopic (exact) mass is 276 g/mol. The van der Waals surface area contributed by atoms with Gasteiger partial charge in [0.25, 0.3) is 0 Å². The zero-order valence-corrected chi connectivity index (χ0v) is 11.4. The van der Waals surface area contributed by atoms with Crippen molar-refractivity contribution in [2.24, 2.45) is 0 Å². The van der Waals surface area contributed by atoms with Gasteiger partial charge in [-0.05, 0) is 36.2 Å². The molecule has 1 nitrogen and oxygen atoms in total. The Morgan fingerprint density at radius 2 is 1.95 bits per heavy atom. The third-order valence-electron chi connectivity index (χ3n) is 2.88. The summed E-state index contributed by atoms with van der Waals surface area (Å²) in [7, 11) is 0. The number of hydrogen-bond donors (Lipinski definition) is 0. The molecule has 0 atom stereocenters. The van der Waals surface area contributed by atoms with Crippen molar-refractivity contribution < 1.29 is 9.18 Å². The lowest BCUT2D eigenvalue weighted by atomic mass is 10.0. The van der Waals surface area contributed by atoms with Gasteiger partial charge in [-0.3, -0.25) is 4.79 Å². The highest BCUT2D eigenvalue weighted by Gasteiger charge is 2.10. The highest BCUT2D eigenvalue weighted by molar-refractivity contribution is 6.30. The molecule has 0 bridgehead atoms. The number of benzene rings is 2. The predicted octanol–water partition coefficient (Wildman–Crippen LogP) is 4.14. The van der Waals surface area contributed by atoms with Gasteiger partial charge in [0.2, 0.25) is 0 Å². The van der Waals surface area contributed by atoms with Gasteiger partial charge in [-0.2, -0.15) is 0 Å². The Bertz CT molecular complexity index is 607. The van der Waals surface area contributed by atoms with E-state index in [2.05, 4.69) is 0 Å². The van der Waals surface area contributed by atoms with E-state index in [1.807, 2.05) is 31.2 Å². The molecular formula is C16H14ClFO. The Hall–Kier alpha value is -1.67. The summed E-state index contributed by atoms with van der Waals surface area (Å²) in [6.07, 6.45) is 0.383. The van der Waals surface area contributed by atoms with Crippen LogP contribution in [0, 0.1) is 12.7 Å². The van der Waals surface area contributed by atoms with Crippen molar-refractivity contribution in [1.29, 1.82) is 0 Å². The molecule has 0 fully saturated rings. The van der Waals surface area contributed by atoms with E-state index in [0.29, 0.717) is 17.0 Å². The minimum Gasteiger partial charge on any atom is -0.299 e.